The summed E-state index contributed by atoms with van der Waals surface area (Å²) in [5.41, 5.74) is -0.487. The molecule has 0 atom stereocenters. The van der Waals surface area contributed by atoms with Gasteiger partial charge in [0, 0.05) is 13.2 Å². The molecule has 7 nitrogen and oxygen atoms in total. The maximum Gasteiger partial charge on any atom is 0.325 e. The molecule has 1 heterocycles. The van der Waals surface area contributed by atoms with E-state index in [9.17, 15) is 14.4 Å². The first-order chi connectivity index (χ1) is 7.06. The highest BCUT2D eigenvalue weighted by Crippen LogP contribution is 1.87. The first-order valence-corrected chi connectivity index (χ1v) is 4.15. The normalized spacial score (nSPS) is 9.73. The lowest BCUT2D eigenvalue weighted by Gasteiger charge is -2.00. The summed E-state index contributed by atoms with van der Waals surface area (Å²) in [6.45, 7) is -0.260. The lowest BCUT2D eigenvalue weighted by atomic mass is 10.3. The Morgan fingerprint density at radius 3 is 2.73 bits per heavy atom. The van der Waals surface area contributed by atoms with E-state index >= 15 is 0 Å². The summed E-state index contributed by atoms with van der Waals surface area (Å²) in [6.07, 6.45) is 1.27. The third-order valence-corrected chi connectivity index (χ3v) is 1.80. The number of hydrogen-bond donors (Lipinski definition) is 2. The number of rotatable bonds is 3. The van der Waals surface area contributed by atoms with Crippen LogP contribution in [0, 0.1) is 0 Å². The lowest BCUT2D eigenvalue weighted by molar-refractivity contribution is -0.139. The zero-order valence-electron chi connectivity index (χ0n) is 8.36. The van der Waals surface area contributed by atoms with Crippen LogP contribution in [0.3, 0.4) is 0 Å². The highest BCUT2D eigenvalue weighted by Gasteiger charge is 2.13. The molecule has 82 valence electrons. The fraction of sp³-hybridized carbons (Fsp3) is 0.375. The van der Waals surface area contributed by atoms with Gasteiger partial charge in [0.25, 0.3) is 11.5 Å². The van der Waals surface area contributed by atoms with Gasteiger partial charge in [-0.2, -0.15) is 0 Å². The molecule has 1 amide bonds. The summed E-state index contributed by atoms with van der Waals surface area (Å²) >= 11 is 0. The SMILES string of the molecule is COC(=O)CNC(=O)c1c[nH]n(C)c1=O. The summed E-state index contributed by atoms with van der Waals surface area (Å²) in [7, 11) is 2.70. The molecule has 0 saturated carbocycles. The Balaban J connectivity index is 2.66. The molecule has 0 aliphatic rings. The minimum Gasteiger partial charge on any atom is -0.468 e. The first kappa shape index (κ1) is 11.0. The summed E-state index contributed by atoms with van der Waals surface area (Å²) < 4.78 is 5.49. The number of amides is 1. The Hall–Kier alpha value is -2.05. The van der Waals surface area contributed by atoms with Gasteiger partial charge in [-0.25, -0.2) is 0 Å². The van der Waals surface area contributed by atoms with Crippen LogP contribution in [0.2, 0.25) is 0 Å². The number of carbonyl (C=O) groups is 2. The minimum atomic E-state index is -0.609. The third-order valence-electron chi connectivity index (χ3n) is 1.80. The third kappa shape index (κ3) is 2.46. The van der Waals surface area contributed by atoms with Crippen molar-refractivity contribution < 1.29 is 14.3 Å². The fourth-order valence-corrected chi connectivity index (χ4v) is 0.945. The molecule has 0 aliphatic heterocycles. The van der Waals surface area contributed by atoms with E-state index in [4.69, 9.17) is 0 Å². The number of ether oxygens (including phenoxy) is 1. The van der Waals surface area contributed by atoms with E-state index in [1.807, 2.05) is 0 Å². The Kier molecular flexibility index (Phi) is 3.27. The lowest BCUT2D eigenvalue weighted by Crippen LogP contribution is -2.33. The van der Waals surface area contributed by atoms with Crippen LogP contribution < -0.4 is 10.9 Å². The average molecular weight is 213 g/mol. The predicted octanol–water partition coefficient (Wildman–Crippen LogP) is -1.38. The van der Waals surface area contributed by atoms with Gasteiger partial charge < -0.3 is 15.2 Å². The number of H-pyrrole nitrogens is 1. The number of aromatic nitrogens is 2. The molecule has 0 saturated heterocycles. The van der Waals surface area contributed by atoms with Crippen molar-refractivity contribution in [1.82, 2.24) is 15.1 Å². The summed E-state index contributed by atoms with van der Waals surface area (Å²) in [6, 6.07) is 0. The molecule has 2 N–H and O–H groups in total. The Labute approximate surface area is 85.0 Å². The van der Waals surface area contributed by atoms with Gasteiger partial charge in [0.2, 0.25) is 0 Å². The maximum absolute atomic E-state index is 11.3. The number of esters is 1. The zero-order valence-corrected chi connectivity index (χ0v) is 8.36. The van der Waals surface area contributed by atoms with E-state index in [-0.39, 0.29) is 12.1 Å². The molecule has 0 bridgehead atoms. The van der Waals surface area contributed by atoms with Gasteiger partial charge in [0.05, 0.1) is 7.11 Å². The smallest absolute Gasteiger partial charge is 0.325 e. The van der Waals surface area contributed by atoms with Crippen LogP contribution in [-0.4, -0.2) is 35.3 Å². The Morgan fingerprint density at radius 2 is 2.27 bits per heavy atom. The van der Waals surface area contributed by atoms with E-state index in [1.165, 1.54) is 20.4 Å². The molecule has 7 heteroatoms. The van der Waals surface area contributed by atoms with Gasteiger partial charge >= 0.3 is 5.97 Å². The second kappa shape index (κ2) is 4.45. The molecule has 0 unspecified atom stereocenters. The Bertz CT molecular complexity index is 431. The quantitative estimate of drug-likeness (QED) is 0.605. The molecule has 0 fully saturated rings. The number of nitrogens with one attached hydrogen (secondary N) is 2. The van der Waals surface area contributed by atoms with Crippen LogP contribution in [0.4, 0.5) is 0 Å². The minimum absolute atomic E-state index is 0.0404. The number of carbonyl (C=O) groups excluding carboxylic acids is 2. The van der Waals surface area contributed by atoms with Crippen molar-refractivity contribution in [2.24, 2.45) is 7.05 Å². The molecular weight excluding hydrogens is 202 g/mol. The highest BCUT2D eigenvalue weighted by molar-refractivity contribution is 5.95. The largest absolute Gasteiger partial charge is 0.468 e. The van der Waals surface area contributed by atoms with Crippen molar-refractivity contribution in [2.45, 2.75) is 0 Å². The molecule has 0 spiro atoms. The monoisotopic (exact) mass is 213 g/mol. The number of methoxy groups -OCH3 is 1. The van der Waals surface area contributed by atoms with Crippen LogP contribution in [-0.2, 0) is 16.6 Å². The first-order valence-electron chi connectivity index (χ1n) is 4.15. The number of aromatic amines is 1. The topological polar surface area (TPSA) is 93.2 Å². The molecular formula is C8H11N3O4. The molecule has 0 aromatic carbocycles. The van der Waals surface area contributed by atoms with E-state index in [1.54, 1.807) is 0 Å². The maximum atomic E-state index is 11.3. The van der Waals surface area contributed by atoms with E-state index in [0.717, 1.165) is 4.68 Å². The van der Waals surface area contributed by atoms with Gasteiger partial charge in [-0.15, -0.1) is 0 Å². The van der Waals surface area contributed by atoms with Crippen LogP contribution in [0.5, 0.6) is 0 Å². The van der Waals surface area contributed by atoms with Gasteiger partial charge in [0.1, 0.15) is 12.1 Å². The van der Waals surface area contributed by atoms with Crippen molar-refractivity contribution in [2.75, 3.05) is 13.7 Å². The van der Waals surface area contributed by atoms with Crippen LogP contribution >= 0.6 is 0 Å². The second-order valence-electron chi connectivity index (χ2n) is 2.81. The summed E-state index contributed by atoms with van der Waals surface area (Å²) in [5.74, 6) is -1.18. The van der Waals surface area contributed by atoms with Crippen LogP contribution in [0.1, 0.15) is 10.4 Å². The molecule has 1 aromatic heterocycles. The van der Waals surface area contributed by atoms with Gasteiger partial charge in [-0.1, -0.05) is 0 Å². The second-order valence-corrected chi connectivity index (χ2v) is 2.81. The van der Waals surface area contributed by atoms with E-state index in [0.29, 0.717) is 0 Å². The van der Waals surface area contributed by atoms with Crippen molar-refractivity contribution in [3.63, 3.8) is 0 Å². The van der Waals surface area contributed by atoms with Crippen molar-refractivity contribution >= 4 is 11.9 Å². The number of nitrogens with zero attached hydrogens (tertiary/aromatic N) is 1. The van der Waals surface area contributed by atoms with E-state index < -0.39 is 17.4 Å². The number of aryl methyl sites for hydroxylation is 1. The molecule has 15 heavy (non-hydrogen) atoms. The van der Waals surface area contributed by atoms with Crippen molar-refractivity contribution in [3.05, 3.63) is 22.1 Å². The van der Waals surface area contributed by atoms with Crippen LogP contribution in [0.15, 0.2) is 11.0 Å². The van der Waals surface area contributed by atoms with Crippen molar-refractivity contribution in [3.8, 4) is 0 Å². The van der Waals surface area contributed by atoms with Gasteiger partial charge in [-0.3, -0.25) is 19.1 Å². The molecule has 0 radical (unpaired) electrons. The van der Waals surface area contributed by atoms with Gasteiger partial charge in [-0.05, 0) is 0 Å². The highest BCUT2D eigenvalue weighted by atomic mass is 16.5. The molecule has 1 aromatic rings. The predicted molar refractivity (Wildman–Crippen MR) is 50.4 cm³/mol. The van der Waals surface area contributed by atoms with Crippen molar-refractivity contribution in [1.29, 1.82) is 0 Å². The fourth-order valence-electron chi connectivity index (χ4n) is 0.945. The molecule has 1 rings (SSSR count). The van der Waals surface area contributed by atoms with E-state index in [2.05, 4.69) is 15.2 Å². The summed E-state index contributed by atoms with van der Waals surface area (Å²) in [4.78, 5) is 33.3. The Morgan fingerprint density at radius 1 is 1.60 bits per heavy atom. The summed E-state index contributed by atoms with van der Waals surface area (Å²) in [5, 5.41) is 4.80. The zero-order chi connectivity index (χ0) is 11.4. The standard InChI is InChI=1S/C8H11N3O4/c1-11-8(14)5(3-10-11)7(13)9-4-6(12)15-2/h3,10H,4H2,1-2H3,(H,9,13). The van der Waals surface area contributed by atoms with Gasteiger partial charge in [0.15, 0.2) is 0 Å². The molecule has 0 aliphatic carbocycles. The van der Waals surface area contributed by atoms with Crippen LogP contribution in [0.25, 0.3) is 0 Å². The average Bonchev–Trinajstić information content (AvgIpc) is 2.56. The number of hydrogen-bond acceptors (Lipinski definition) is 4.